The fourth-order valence-electron chi connectivity index (χ4n) is 1.49. The van der Waals surface area contributed by atoms with Gasteiger partial charge in [0.15, 0.2) is 0 Å². The summed E-state index contributed by atoms with van der Waals surface area (Å²) in [5, 5.41) is 0. The zero-order chi connectivity index (χ0) is 7.78. The van der Waals surface area contributed by atoms with Crippen LogP contribution in [0.3, 0.4) is 0 Å². The SMILES string of the molecule is CC1(C)C(C[N+]#P)[C@H]1C=O. The molecule has 0 radical (unpaired) electrons. The van der Waals surface area contributed by atoms with E-state index >= 15 is 0 Å². The zero-order valence-corrected chi connectivity index (χ0v) is 7.14. The van der Waals surface area contributed by atoms with Crippen LogP contribution in [0.1, 0.15) is 13.8 Å². The van der Waals surface area contributed by atoms with Gasteiger partial charge >= 0.3 is 62.2 Å². The van der Waals surface area contributed by atoms with Crippen LogP contribution in [0, 0.1) is 17.3 Å². The van der Waals surface area contributed by atoms with Gasteiger partial charge < -0.3 is 0 Å². The molecule has 0 amide bonds. The van der Waals surface area contributed by atoms with Crippen molar-refractivity contribution in [2.24, 2.45) is 17.3 Å². The van der Waals surface area contributed by atoms with Gasteiger partial charge in [0.05, 0.1) is 0 Å². The van der Waals surface area contributed by atoms with Crippen LogP contribution in [-0.4, -0.2) is 12.8 Å². The summed E-state index contributed by atoms with van der Waals surface area (Å²) in [5.41, 5.74) is 0.175. The molecule has 3 heteroatoms. The van der Waals surface area contributed by atoms with Gasteiger partial charge in [-0.05, 0) is 0 Å². The Kier molecular flexibility index (Phi) is 1.94. The second kappa shape index (κ2) is 2.45. The summed E-state index contributed by atoms with van der Waals surface area (Å²) in [4.78, 5) is 10.4. The summed E-state index contributed by atoms with van der Waals surface area (Å²) in [5.74, 6) is 0.644. The Morgan fingerprint density at radius 2 is 2.30 bits per heavy atom. The molecule has 0 aromatic heterocycles. The first-order chi connectivity index (χ1) is 4.64. The average molecular weight is 156 g/mol. The molecule has 0 heterocycles. The van der Waals surface area contributed by atoms with Crippen LogP contribution in [0.15, 0.2) is 0 Å². The van der Waals surface area contributed by atoms with Crippen molar-refractivity contribution in [1.82, 2.24) is 0 Å². The summed E-state index contributed by atoms with van der Waals surface area (Å²) in [7, 11) is 3.77. The molecule has 1 unspecified atom stereocenters. The van der Waals surface area contributed by atoms with Crippen molar-refractivity contribution in [3.05, 3.63) is 4.59 Å². The first-order valence-electron chi connectivity index (χ1n) is 3.40. The Morgan fingerprint density at radius 3 is 2.60 bits per heavy atom. The van der Waals surface area contributed by atoms with E-state index in [9.17, 15) is 4.79 Å². The van der Waals surface area contributed by atoms with Crippen molar-refractivity contribution >= 4 is 15.2 Å². The van der Waals surface area contributed by atoms with Crippen LogP contribution in [0.4, 0.5) is 0 Å². The fraction of sp³-hybridized carbons (Fsp3) is 0.857. The van der Waals surface area contributed by atoms with E-state index in [2.05, 4.69) is 27.3 Å². The molecule has 1 aliphatic carbocycles. The Hall–Kier alpha value is -0.190. The van der Waals surface area contributed by atoms with Gasteiger partial charge in [-0.2, -0.15) is 0 Å². The third kappa shape index (κ3) is 1.02. The minimum absolute atomic E-state index is 0.175. The molecule has 0 aromatic carbocycles. The average Bonchev–Trinajstić information content (AvgIpc) is 2.36. The van der Waals surface area contributed by atoms with E-state index in [0.29, 0.717) is 12.5 Å². The Balaban J connectivity index is 2.54. The monoisotopic (exact) mass is 156 g/mol. The summed E-state index contributed by atoms with van der Waals surface area (Å²) < 4.78 is 3.73. The molecule has 1 saturated carbocycles. The summed E-state index contributed by atoms with van der Waals surface area (Å²) >= 11 is 0. The molecule has 0 aliphatic heterocycles. The van der Waals surface area contributed by atoms with Gasteiger partial charge in [0.2, 0.25) is 0 Å². The minimum atomic E-state index is 0.175. The van der Waals surface area contributed by atoms with Crippen LogP contribution >= 0.6 is 8.88 Å². The van der Waals surface area contributed by atoms with Gasteiger partial charge in [-0.1, -0.05) is 0 Å². The Labute approximate surface area is 63.0 Å². The van der Waals surface area contributed by atoms with Crippen molar-refractivity contribution in [3.8, 4) is 0 Å². The number of hydrogen-bond acceptors (Lipinski definition) is 1. The summed E-state index contributed by atoms with van der Waals surface area (Å²) in [6, 6.07) is 0. The quantitative estimate of drug-likeness (QED) is 0.443. The van der Waals surface area contributed by atoms with E-state index in [1.54, 1.807) is 0 Å². The molecular weight excluding hydrogens is 145 g/mol. The maximum atomic E-state index is 10.4. The van der Waals surface area contributed by atoms with Crippen LogP contribution in [0.25, 0.3) is 4.59 Å². The summed E-state index contributed by atoms with van der Waals surface area (Å²) in [6.45, 7) is 4.89. The number of nitrogens with zero attached hydrogens (tertiary/aromatic N) is 1. The molecule has 2 atom stereocenters. The Bertz CT molecular complexity index is 194. The molecule has 2 nitrogen and oxygen atoms in total. The number of aldehydes is 1. The van der Waals surface area contributed by atoms with Gasteiger partial charge in [0, 0.05) is 0 Å². The van der Waals surface area contributed by atoms with Gasteiger partial charge in [-0.25, -0.2) is 0 Å². The van der Waals surface area contributed by atoms with E-state index in [0.717, 1.165) is 6.29 Å². The van der Waals surface area contributed by atoms with E-state index in [4.69, 9.17) is 0 Å². The molecular formula is C7H11NOP+. The second-order valence-electron chi connectivity index (χ2n) is 3.41. The number of carbonyl (C=O) groups is 1. The molecule has 0 N–H and O–H groups in total. The molecule has 10 heavy (non-hydrogen) atoms. The third-order valence-corrected chi connectivity index (χ3v) is 2.73. The van der Waals surface area contributed by atoms with Gasteiger partial charge in [-0.15, -0.1) is 0 Å². The van der Waals surface area contributed by atoms with Crippen molar-refractivity contribution in [2.45, 2.75) is 13.8 Å². The molecule has 0 spiro atoms. The first kappa shape index (κ1) is 7.91. The zero-order valence-electron chi connectivity index (χ0n) is 6.24. The molecule has 0 aromatic rings. The van der Waals surface area contributed by atoms with Crippen LogP contribution in [0.2, 0.25) is 0 Å². The number of carbonyl (C=O) groups excluding carboxylic acids is 1. The van der Waals surface area contributed by atoms with E-state index in [1.807, 2.05) is 0 Å². The first-order valence-corrected chi connectivity index (χ1v) is 3.80. The molecule has 54 valence electrons. The standard InChI is InChI=1S/C7H11NOP/c1-7(2)5(3-8-10)6(7)4-9/h4-6H,3H2,1-2H3/q+1/t5?,6-/m1/s1. The second-order valence-corrected chi connectivity index (χ2v) is 3.70. The third-order valence-electron chi connectivity index (χ3n) is 2.56. The van der Waals surface area contributed by atoms with Gasteiger partial charge in [0.1, 0.15) is 0 Å². The topological polar surface area (TPSA) is 21.4 Å². The number of rotatable bonds is 2. The molecule has 1 aliphatic rings. The predicted molar refractivity (Wildman–Crippen MR) is 42.0 cm³/mol. The van der Waals surface area contributed by atoms with Crippen molar-refractivity contribution < 1.29 is 4.79 Å². The summed E-state index contributed by atoms with van der Waals surface area (Å²) in [6.07, 6.45) is 1.03. The molecule has 1 rings (SSSR count). The normalized spacial score (nSPS) is 34.5. The van der Waals surface area contributed by atoms with Crippen LogP contribution < -0.4 is 0 Å². The predicted octanol–water partition coefficient (Wildman–Crippen LogP) is 2.16. The molecule has 0 bridgehead atoms. The van der Waals surface area contributed by atoms with Gasteiger partial charge in [0.25, 0.3) is 0 Å². The maximum absolute atomic E-state index is 10.4. The van der Waals surface area contributed by atoms with E-state index in [1.165, 1.54) is 0 Å². The number of hydrogen-bond donors (Lipinski definition) is 0. The Morgan fingerprint density at radius 1 is 1.70 bits per heavy atom. The van der Waals surface area contributed by atoms with Crippen LogP contribution in [-0.2, 0) is 4.79 Å². The van der Waals surface area contributed by atoms with Gasteiger partial charge in [-0.3, -0.25) is 0 Å². The van der Waals surface area contributed by atoms with Crippen molar-refractivity contribution in [1.29, 1.82) is 0 Å². The van der Waals surface area contributed by atoms with Crippen LogP contribution in [0.5, 0.6) is 0 Å². The fourth-order valence-corrected chi connectivity index (χ4v) is 1.67. The molecule has 0 saturated heterocycles. The molecule has 1 fully saturated rings. The van der Waals surface area contributed by atoms with Crippen molar-refractivity contribution in [2.75, 3.05) is 6.54 Å². The van der Waals surface area contributed by atoms with Crippen molar-refractivity contribution in [3.63, 3.8) is 0 Å². The van der Waals surface area contributed by atoms with E-state index < -0.39 is 0 Å². The van der Waals surface area contributed by atoms with E-state index in [-0.39, 0.29) is 11.3 Å².